The molecule has 0 aliphatic rings. The van der Waals surface area contributed by atoms with E-state index >= 15 is 0 Å². The number of nitriles is 1. The Kier molecular flexibility index (Phi) is 5.12. The van der Waals surface area contributed by atoms with Crippen LogP contribution in [0.3, 0.4) is 0 Å². The summed E-state index contributed by atoms with van der Waals surface area (Å²) in [6.45, 7) is 0. The van der Waals surface area contributed by atoms with E-state index in [2.05, 4.69) is 25.9 Å². The van der Waals surface area contributed by atoms with E-state index in [1.165, 1.54) is 39.5 Å². The van der Waals surface area contributed by atoms with Crippen LogP contribution in [0.25, 0.3) is 5.57 Å². The van der Waals surface area contributed by atoms with Crippen LogP contribution in [0.15, 0.2) is 29.3 Å². The number of rotatable bonds is 6. The average Bonchev–Trinajstić information content (AvgIpc) is 3.09. The van der Waals surface area contributed by atoms with Crippen LogP contribution in [-0.2, 0) is 10.0 Å². The molecule has 2 N–H and O–H groups in total. The summed E-state index contributed by atoms with van der Waals surface area (Å²) in [4.78, 5) is 0.00599. The molecule has 11 heteroatoms. The van der Waals surface area contributed by atoms with Crippen molar-refractivity contribution in [2.75, 3.05) is 26.5 Å². The third kappa shape index (κ3) is 3.50. The summed E-state index contributed by atoms with van der Waals surface area (Å²) < 4.78 is 30.9. The summed E-state index contributed by atoms with van der Waals surface area (Å²) in [6.07, 6.45) is 1.36. The van der Waals surface area contributed by atoms with Gasteiger partial charge in [0, 0.05) is 26.0 Å². The molecule has 0 radical (unpaired) electrons. The second kappa shape index (κ2) is 7.07. The van der Waals surface area contributed by atoms with Crippen molar-refractivity contribution >= 4 is 21.3 Å². The highest BCUT2D eigenvalue weighted by Crippen LogP contribution is 2.29. The number of aromatic amines is 1. The van der Waals surface area contributed by atoms with Gasteiger partial charge in [-0.15, -0.1) is 10.2 Å². The Morgan fingerprint density at radius 3 is 2.75 bits per heavy atom. The molecular formula is C13H15N7O3S. The molecule has 10 nitrogen and oxygen atoms in total. The zero-order chi connectivity index (χ0) is 17.7. The number of allylic oxidation sites excluding steroid dienone is 1. The van der Waals surface area contributed by atoms with Gasteiger partial charge < -0.3 is 10.1 Å². The van der Waals surface area contributed by atoms with Gasteiger partial charge in [-0.1, -0.05) is 0 Å². The molecule has 126 valence electrons. The minimum atomic E-state index is -3.69. The van der Waals surface area contributed by atoms with Gasteiger partial charge in [0.15, 0.2) is 0 Å². The monoisotopic (exact) mass is 349 g/mol. The number of aromatic nitrogens is 4. The molecule has 0 atom stereocenters. The van der Waals surface area contributed by atoms with Crippen molar-refractivity contribution in [3.05, 3.63) is 30.2 Å². The predicted molar refractivity (Wildman–Crippen MR) is 85.3 cm³/mol. The number of ether oxygens (including phenoxy) is 1. The highest BCUT2D eigenvalue weighted by molar-refractivity contribution is 7.89. The fourth-order valence-corrected chi connectivity index (χ4v) is 2.82. The lowest BCUT2D eigenvalue weighted by atomic mass is 10.2. The van der Waals surface area contributed by atoms with E-state index < -0.39 is 10.0 Å². The first-order valence-electron chi connectivity index (χ1n) is 6.61. The van der Waals surface area contributed by atoms with E-state index in [1.54, 1.807) is 6.07 Å². The van der Waals surface area contributed by atoms with Crippen molar-refractivity contribution in [1.82, 2.24) is 24.9 Å². The lowest BCUT2D eigenvalue weighted by Gasteiger charge is -2.15. The molecule has 1 aromatic carbocycles. The maximum atomic E-state index is 12.4. The first-order chi connectivity index (χ1) is 11.4. The maximum Gasteiger partial charge on any atom is 0.246 e. The van der Waals surface area contributed by atoms with E-state index in [1.807, 2.05) is 6.07 Å². The molecule has 0 aliphatic carbocycles. The van der Waals surface area contributed by atoms with Gasteiger partial charge in [-0.2, -0.15) is 10.5 Å². The maximum absolute atomic E-state index is 12.4. The molecule has 0 fully saturated rings. The van der Waals surface area contributed by atoms with E-state index in [0.29, 0.717) is 5.69 Å². The zero-order valence-electron chi connectivity index (χ0n) is 13.2. The molecule has 24 heavy (non-hydrogen) atoms. The standard InChI is InChI=1S/C13H15N7O3S/c1-20(2)24(21,22)12-6-10(4-5-11(12)23-3)15-8-9(7-14)13-16-18-19-17-13/h4-6,8,15H,1-3H3,(H,16,17,18,19). The summed E-state index contributed by atoms with van der Waals surface area (Å²) >= 11 is 0. The van der Waals surface area contributed by atoms with Gasteiger partial charge in [0.05, 0.1) is 7.11 Å². The normalized spacial score (nSPS) is 12.0. The minimum absolute atomic E-state index is 0.00599. The Morgan fingerprint density at radius 2 is 2.21 bits per heavy atom. The summed E-state index contributed by atoms with van der Waals surface area (Å²) in [5.74, 6) is 0.344. The molecule has 0 saturated carbocycles. The number of benzene rings is 1. The molecule has 0 saturated heterocycles. The Labute approximate surface area is 138 Å². The van der Waals surface area contributed by atoms with Crippen LogP contribution < -0.4 is 10.1 Å². The topological polar surface area (TPSA) is 137 Å². The molecule has 0 aliphatic heterocycles. The molecule has 0 amide bonds. The lowest BCUT2D eigenvalue weighted by molar-refractivity contribution is 0.400. The average molecular weight is 349 g/mol. The highest BCUT2D eigenvalue weighted by Gasteiger charge is 2.22. The van der Waals surface area contributed by atoms with Gasteiger partial charge in [0.2, 0.25) is 15.8 Å². The predicted octanol–water partition coefficient (Wildman–Crippen LogP) is 0.435. The smallest absolute Gasteiger partial charge is 0.246 e. The van der Waals surface area contributed by atoms with Crippen molar-refractivity contribution in [1.29, 1.82) is 5.26 Å². The van der Waals surface area contributed by atoms with E-state index in [-0.39, 0.29) is 22.0 Å². The summed E-state index contributed by atoms with van der Waals surface area (Å²) in [7, 11) is 0.562. The molecule has 0 unspecified atom stereocenters. The summed E-state index contributed by atoms with van der Waals surface area (Å²) in [5, 5.41) is 25.0. The van der Waals surface area contributed by atoms with Crippen LogP contribution in [0, 0.1) is 11.3 Å². The minimum Gasteiger partial charge on any atom is -0.495 e. The van der Waals surface area contributed by atoms with Crippen molar-refractivity contribution in [2.45, 2.75) is 4.90 Å². The van der Waals surface area contributed by atoms with E-state index in [4.69, 9.17) is 10.00 Å². The van der Waals surface area contributed by atoms with Gasteiger partial charge in [0.1, 0.15) is 22.3 Å². The second-order valence-electron chi connectivity index (χ2n) is 4.70. The number of anilines is 1. The highest BCUT2D eigenvalue weighted by atomic mass is 32.2. The van der Waals surface area contributed by atoms with Gasteiger partial charge in [-0.3, -0.25) is 0 Å². The summed E-state index contributed by atoms with van der Waals surface area (Å²) in [5.41, 5.74) is 0.587. The SMILES string of the molecule is COc1ccc(NC=C(C#N)c2nn[nH]n2)cc1S(=O)(=O)N(C)C. The van der Waals surface area contributed by atoms with Gasteiger partial charge >= 0.3 is 0 Å². The number of nitrogens with zero attached hydrogens (tertiary/aromatic N) is 5. The quantitative estimate of drug-likeness (QED) is 0.717. The molecular weight excluding hydrogens is 334 g/mol. The summed E-state index contributed by atoms with van der Waals surface area (Å²) in [6, 6.07) is 6.48. The Balaban J connectivity index is 2.38. The lowest BCUT2D eigenvalue weighted by Crippen LogP contribution is -2.22. The largest absolute Gasteiger partial charge is 0.495 e. The van der Waals surface area contributed by atoms with Gasteiger partial charge in [-0.25, -0.2) is 12.7 Å². The Bertz CT molecular complexity index is 883. The molecule has 0 bridgehead atoms. The van der Waals surface area contributed by atoms with Gasteiger partial charge in [-0.05, 0) is 23.4 Å². The number of H-pyrrole nitrogens is 1. The van der Waals surface area contributed by atoms with Crippen molar-refractivity contribution in [3.63, 3.8) is 0 Å². The first-order valence-corrected chi connectivity index (χ1v) is 8.05. The van der Waals surface area contributed by atoms with Crippen LogP contribution in [-0.4, -0.2) is 54.6 Å². The van der Waals surface area contributed by atoms with Crippen LogP contribution >= 0.6 is 0 Å². The molecule has 2 rings (SSSR count). The number of sulfonamides is 1. The third-order valence-electron chi connectivity index (χ3n) is 3.01. The van der Waals surface area contributed by atoms with Crippen LogP contribution in [0.1, 0.15) is 5.82 Å². The van der Waals surface area contributed by atoms with Crippen LogP contribution in [0.5, 0.6) is 5.75 Å². The Morgan fingerprint density at radius 1 is 1.46 bits per heavy atom. The van der Waals surface area contributed by atoms with Crippen molar-refractivity contribution in [3.8, 4) is 11.8 Å². The second-order valence-corrected chi connectivity index (χ2v) is 6.82. The number of hydrogen-bond acceptors (Lipinski definition) is 8. The van der Waals surface area contributed by atoms with E-state index in [9.17, 15) is 8.42 Å². The first kappa shape index (κ1) is 17.4. The molecule has 2 aromatic rings. The fraction of sp³-hybridized carbons (Fsp3) is 0.231. The third-order valence-corrected chi connectivity index (χ3v) is 4.85. The zero-order valence-corrected chi connectivity index (χ0v) is 14.0. The van der Waals surface area contributed by atoms with Crippen LogP contribution in [0.4, 0.5) is 5.69 Å². The number of hydrogen-bond donors (Lipinski definition) is 2. The number of nitrogens with one attached hydrogen (secondary N) is 2. The fourth-order valence-electron chi connectivity index (χ4n) is 1.74. The molecule has 1 aromatic heterocycles. The Hall–Kier alpha value is -2.97. The van der Waals surface area contributed by atoms with Gasteiger partial charge in [0.25, 0.3) is 0 Å². The van der Waals surface area contributed by atoms with Crippen molar-refractivity contribution in [2.24, 2.45) is 0 Å². The molecule has 0 spiro atoms. The van der Waals surface area contributed by atoms with E-state index in [0.717, 1.165) is 4.31 Å². The number of tetrazole rings is 1. The van der Waals surface area contributed by atoms with Crippen LogP contribution in [0.2, 0.25) is 0 Å². The molecule has 1 heterocycles. The number of methoxy groups -OCH3 is 1. The van der Waals surface area contributed by atoms with Crippen molar-refractivity contribution < 1.29 is 13.2 Å².